The van der Waals surface area contributed by atoms with Crippen molar-refractivity contribution >= 4 is 39.9 Å². The number of esters is 1. The van der Waals surface area contributed by atoms with Gasteiger partial charge in [0.15, 0.2) is 11.2 Å². The molecule has 0 aliphatic carbocycles. The van der Waals surface area contributed by atoms with Crippen LogP contribution in [-0.2, 0) is 4.74 Å². The molecule has 0 spiro atoms. The molecule has 0 aromatic carbocycles. The van der Waals surface area contributed by atoms with Gasteiger partial charge in [-0.15, -0.1) is 11.3 Å². The standard InChI is InChI=1S/C14H12N2O3S2/c1-3-19-13(18)12-8(2)16-9(7-17)11(15-14(16)21-12)10-5-4-6-20-10/h4-7H,3H2,1-2H3. The summed E-state index contributed by atoms with van der Waals surface area (Å²) >= 11 is 2.77. The number of aldehydes is 1. The number of imidazole rings is 1. The van der Waals surface area contributed by atoms with Crippen LogP contribution >= 0.6 is 22.7 Å². The quantitative estimate of drug-likeness (QED) is 0.546. The molecule has 3 aromatic heterocycles. The Balaban J connectivity index is 2.20. The summed E-state index contributed by atoms with van der Waals surface area (Å²) in [7, 11) is 0. The Kier molecular flexibility index (Phi) is 3.60. The van der Waals surface area contributed by atoms with Gasteiger partial charge in [0, 0.05) is 5.69 Å². The lowest BCUT2D eigenvalue weighted by Gasteiger charge is -2.01. The van der Waals surface area contributed by atoms with E-state index in [2.05, 4.69) is 4.98 Å². The molecule has 7 heteroatoms. The first kappa shape index (κ1) is 14.0. The van der Waals surface area contributed by atoms with Gasteiger partial charge < -0.3 is 4.74 Å². The molecule has 108 valence electrons. The number of aromatic nitrogens is 2. The zero-order valence-electron chi connectivity index (χ0n) is 11.5. The molecule has 0 radical (unpaired) electrons. The highest BCUT2D eigenvalue weighted by atomic mass is 32.1. The topological polar surface area (TPSA) is 60.7 Å². The third kappa shape index (κ3) is 2.18. The lowest BCUT2D eigenvalue weighted by Crippen LogP contribution is -2.05. The van der Waals surface area contributed by atoms with E-state index in [1.807, 2.05) is 17.5 Å². The van der Waals surface area contributed by atoms with E-state index in [9.17, 15) is 9.59 Å². The molecule has 0 saturated heterocycles. The van der Waals surface area contributed by atoms with Crippen molar-refractivity contribution < 1.29 is 14.3 Å². The third-order valence-electron chi connectivity index (χ3n) is 3.07. The second-order valence-corrected chi connectivity index (χ2v) is 6.22. The van der Waals surface area contributed by atoms with Crippen LogP contribution in [0.15, 0.2) is 17.5 Å². The number of hydrogen-bond donors (Lipinski definition) is 0. The summed E-state index contributed by atoms with van der Waals surface area (Å²) in [6.07, 6.45) is 0.781. The Labute approximate surface area is 128 Å². The Bertz CT molecular complexity index is 815. The zero-order valence-corrected chi connectivity index (χ0v) is 13.1. The maximum absolute atomic E-state index is 11.9. The number of nitrogens with zero attached hydrogens (tertiary/aromatic N) is 2. The average Bonchev–Trinajstić information content (AvgIpc) is 3.15. The smallest absolute Gasteiger partial charge is 0.350 e. The fraction of sp³-hybridized carbons (Fsp3) is 0.214. The molecular formula is C14H12N2O3S2. The van der Waals surface area contributed by atoms with Gasteiger partial charge in [-0.05, 0) is 25.3 Å². The molecule has 5 nitrogen and oxygen atoms in total. The highest BCUT2D eigenvalue weighted by Crippen LogP contribution is 2.32. The van der Waals surface area contributed by atoms with Crippen LogP contribution in [0.2, 0.25) is 0 Å². The van der Waals surface area contributed by atoms with Crippen LogP contribution in [0.4, 0.5) is 0 Å². The van der Waals surface area contributed by atoms with E-state index in [1.54, 1.807) is 18.2 Å². The molecule has 0 aliphatic rings. The van der Waals surface area contributed by atoms with Crippen molar-refractivity contribution in [3.63, 3.8) is 0 Å². The second-order valence-electron chi connectivity index (χ2n) is 4.30. The van der Waals surface area contributed by atoms with Gasteiger partial charge in [-0.2, -0.15) is 0 Å². The number of ether oxygens (including phenoxy) is 1. The van der Waals surface area contributed by atoms with Crippen LogP contribution < -0.4 is 0 Å². The highest BCUT2D eigenvalue weighted by molar-refractivity contribution is 7.19. The summed E-state index contributed by atoms with van der Waals surface area (Å²) in [6, 6.07) is 3.84. The molecule has 21 heavy (non-hydrogen) atoms. The van der Waals surface area contributed by atoms with Gasteiger partial charge in [-0.25, -0.2) is 9.78 Å². The van der Waals surface area contributed by atoms with Crippen LogP contribution in [0.1, 0.15) is 32.8 Å². The van der Waals surface area contributed by atoms with Gasteiger partial charge in [0.05, 0.1) is 11.5 Å². The number of rotatable bonds is 4. The van der Waals surface area contributed by atoms with E-state index >= 15 is 0 Å². The monoisotopic (exact) mass is 320 g/mol. The van der Waals surface area contributed by atoms with E-state index in [4.69, 9.17) is 4.74 Å². The number of carbonyl (C=O) groups excluding carboxylic acids is 2. The number of fused-ring (bicyclic) bond motifs is 1. The van der Waals surface area contributed by atoms with E-state index in [1.165, 1.54) is 22.7 Å². The molecule has 3 heterocycles. The third-order valence-corrected chi connectivity index (χ3v) is 5.07. The van der Waals surface area contributed by atoms with Crippen molar-refractivity contribution in [2.24, 2.45) is 0 Å². The first-order valence-corrected chi connectivity index (χ1v) is 8.05. The molecule has 0 amide bonds. The lowest BCUT2D eigenvalue weighted by atomic mass is 10.3. The van der Waals surface area contributed by atoms with Gasteiger partial charge in [0.25, 0.3) is 0 Å². The maximum atomic E-state index is 11.9. The molecule has 3 aromatic rings. The van der Waals surface area contributed by atoms with Gasteiger partial charge in [0.2, 0.25) is 0 Å². The first-order chi connectivity index (χ1) is 10.2. The number of aryl methyl sites for hydroxylation is 1. The molecule has 0 atom stereocenters. The Hall–Kier alpha value is -1.99. The van der Waals surface area contributed by atoms with Crippen LogP contribution in [0.5, 0.6) is 0 Å². The molecule has 0 saturated carbocycles. The van der Waals surface area contributed by atoms with Gasteiger partial charge in [-0.1, -0.05) is 17.4 Å². The van der Waals surface area contributed by atoms with Crippen molar-refractivity contribution in [1.82, 2.24) is 9.38 Å². The summed E-state index contributed by atoms with van der Waals surface area (Å²) in [4.78, 5) is 29.9. The minimum atomic E-state index is -0.375. The Morgan fingerprint density at radius 3 is 2.95 bits per heavy atom. The van der Waals surface area contributed by atoms with E-state index < -0.39 is 0 Å². The van der Waals surface area contributed by atoms with Crippen molar-refractivity contribution in [3.8, 4) is 10.6 Å². The Morgan fingerprint density at radius 1 is 1.52 bits per heavy atom. The van der Waals surface area contributed by atoms with Crippen LogP contribution in [0.3, 0.4) is 0 Å². The van der Waals surface area contributed by atoms with Gasteiger partial charge in [-0.3, -0.25) is 9.20 Å². The highest BCUT2D eigenvalue weighted by Gasteiger charge is 2.23. The Morgan fingerprint density at radius 2 is 2.33 bits per heavy atom. The maximum Gasteiger partial charge on any atom is 0.350 e. The average molecular weight is 320 g/mol. The first-order valence-electron chi connectivity index (χ1n) is 6.35. The number of carbonyl (C=O) groups is 2. The predicted molar refractivity (Wildman–Crippen MR) is 82.5 cm³/mol. The van der Waals surface area contributed by atoms with E-state index in [0.717, 1.165) is 11.2 Å². The molecular weight excluding hydrogens is 308 g/mol. The number of hydrogen-bond acceptors (Lipinski definition) is 6. The molecule has 0 unspecified atom stereocenters. The fourth-order valence-corrected chi connectivity index (χ4v) is 3.91. The SMILES string of the molecule is CCOC(=O)c1sc2nc(-c3cccs3)c(C=O)n2c1C. The fourth-order valence-electron chi connectivity index (χ4n) is 2.16. The molecule has 0 bridgehead atoms. The summed E-state index contributed by atoms with van der Waals surface area (Å²) in [5, 5.41) is 1.94. The summed E-state index contributed by atoms with van der Waals surface area (Å²) in [5.74, 6) is -0.375. The molecule has 0 fully saturated rings. The minimum absolute atomic E-state index is 0.319. The lowest BCUT2D eigenvalue weighted by molar-refractivity contribution is 0.0530. The van der Waals surface area contributed by atoms with Crippen LogP contribution in [-0.4, -0.2) is 28.2 Å². The van der Waals surface area contributed by atoms with Crippen molar-refractivity contribution in [1.29, 1.82) is 0 Å². The minimum Gasteiger partial charge on any atom is -0.462 e. The van der Waals surface area contributed by atoms with Crippen molar-refractivity contribution in [2.75, 3.05) is 6.61 Å². The normalized spacial score (nSPS) is 11.0. The van der Waals surface area contributed by atoms with Crippen molar-refractivity contribution in [3.05, 3.63) is 33.8 Å². The van der Waals surface area contributed by atoms with E-state index in [-0.39, 0.29) is 5.97 Å². The number of thiazole rings is 1. The molecule has 0 aliphatic heterocycles. The summed E-state index contributed by atoms with van der Waals surface area (Å²) in [5.41, 5.74) is 1.81. The van der Waals surface area contributed by atoms with Crippen LogP contribution in [0.25, 0.3) is 15.5 Å². The van der Waals surface area contributed by atoms with Gasteiger partial charge >= 0.3 is 5.97 Å². The second kappa shape index (κ2) is 5.42. The molecule has 3 rings (SSSR count). The van der Waals surface area contributed by atoms with Crippen molar-refractivity contribution in [2.45, 2.75) is 13.8 Å². The van der Waals surface area contributed by atoms with E-state index in [0.29, 0.717) is 33.5 Å². The predicted octanol–water partition coefficient (Wildman–Crippen LogP) is 3.42. The van der Waals surface area contributed by atoms with Gasteiger partial charge in [0.1, 0.15) is 16.3 Å². The molecule has 0 N–H and O–H groups in total. The van der Waals surface area contributed by atoms with Crippen LogP contribution in [0, 0.1) is 6.92 Å². The summed E-state index contributed by atoms with van der Waals surface area (Å²) in [6.45, 7) is 3.87. The largest absolute Gasteiger partial charge is 0.462 e. The zero-order chi connectivity index (χ0) is 15.0. The summed E-state index contributed by atoms with van der Waals surface area (Å²) < 4.78 is 6.75. The number of thiophene rings is 1.